The Labute approximate surface area is 129 Å². The highest BCUT2D eigenvalue weighted by atomic mass is 16.5. The molecule has 6 heteroatoms. The summed E-state index contributed by atoms with van der Waals surface area (Å²) in [7, 11) is 1.64. The minimum atomic E-state index is 0.182. The number of likely N-dealkylation sites (tertiary alicyclic amines) is 1. The molecule has 1 aliphatic rings. The molecule has 0 N–H and O–H groups in total. The highest BCUT2D eigenvalue weighted by Gasteiger charge is 2.29. The van der Waals surface area contributed by atoms with E-state index in [-0.39, 0.29) is 11.8 Å². The lowest BCUT2D eigenvalue weighted by Crippen LogP contribution is -2.28. The normalized spacial score (nSPS) is 17.7. The molecule has 116 valence electrons. The number of ether oxygens (including phenoxy) is 1. The van der Waals surface area contributed by atoms with Crippen molar-refractivity contribution in [2.45, 2.75) is 25.2 Å². The number of methoxy groups -OCH3 is 1. The third kappa shape index (κ3) is 3.27. The molecule has 1 atom stereocenters. The van der Waals surface area contributed by atoms with E-state index >= 15 is 0 Å². The fourth-order valence-electron chi connectivity index (χ4n) is 2.76. The number of amides is 1. The summed E-state index contributed by atoms with van der Waals surface area (Å²) in [5.41, 5.74) is 1.14. The molecule has 1 aliphatic heterocycles. The zero-order valence-corrected chi connectivity index (χ0v) is 12.6. The lowest BCUT2D eigenvalue weighted by atomic mass is 10.1. The average Bonchev–Trinajstić information content (AvgIpc) is 3.23. The van der Waals surface area contributed by atoms with Crippen molar-refractivity contribution < 1.29 is 14.1 Å². The Hall–Kier alpha value is -2.37. The van der Waals surface area contributed by atoms with Crippen molar-refractivity contribution in [3.63, 3.8) is 0 Å². The van der Waals surface area contributed by atoms with Gasteiger partial charge in [0, 0.05) is 25.4 Å². The predicted molar refractivity (Wildman–Crippen MR) is 79.6 cm³/mol. The first kappa shape index (κ1) is 14.6. The van der Waals surface area contributed by atoms with Crippen LogP contribution >= 0.6 is 0 Å². The van der Waals surface area contributed by atoms with Gasteiger partial charge in [-0.1, -0.05) is 17.3 Å². The zero-order chi connectivity index (χ0) is 15.4. The minimum absolute atomic E-state index is 0.182. The van der Waals surface area contributed by atoms with Crippen LogP contribution in [-0.4, -0.2) is 41.1 Å². The molecule has 2 aromatic rings. The number of nitrogens with zero attached hydrogens (tertiary/aromatic N) is 3. The quantitative estimate of drug-likeness (QED) is 0.845. The molecule has 0 bridgehead atoms. The largest absolute Gasteiger partial charge is 0.497 e. The molecule has 0 saturated carbocycles. The molecule has 1 aromatic carbocycles. The van der Waals surface area contributed by atoms with E-state index in [0.717, 1.165) is 30.7 Å². The molecule has 0 aliphatic carbocycles. The van der Waals surface area contributed by atoms with Crippen molar-refractivity contribution >= 4 is 5.91 Å². The molecule has 6 nitrogen and oxygen atoms in total. The van der Waals surface area contributed by atoms with Gasteiger partial charge >= 0.3 is 0 Å². The first-order valence-electron chi connectivity index (χ1n) is 7.43. The lowest BCUT2D eigenvalue weighted by molar-refractivity contribution is -0.130. The second kappa shape index (κ2) is 6.60. The van der Waals surface area contributed by atoms with Crippen LogP contribution in [0.4, 0.5) is 0 Å². The predicted octanol–water partition coefficient (Wildman–Crippen LogP) is 2.03. The van der Waals surface area contributed by atoms with Crippen molar-refractivity contribution in [2.24, 2.45) is 0 Å². The Balaban J connectivity index is 1.50. The molecule has 0 spiro atoms. The van der Waals surface area contributed by atoms with Gasteiger partial charge in [0.1, 0.15) is 5.75 Å². The first-order chi connectivity index (χ1) is 10.8. The van der Waals surface area contributed by atoms with Crippen LogP contribution < -0.4 is 4.74 Å². The van der Waals surface area contributed by atoms with Crippen LogP contribution in [0.3, 0.4) is 0 Å². The van der Waals surface area contributed by atoms with Gasteiger partial charge in [-0.25, -0.2) is 0 Å². The molecule has 1 fully saturated rings. The zero-order valence-electron chi connectivity index (χ0n) is 12.6. The van der Waals surface area contributed by atoms with E-state index in [1.54, 1.807) is 7.11 Å². The molecule has 22 heavy (non-hydrogen) atoms. The van der Waals surface area contributed by atoms with E-state index in [1.807, 2.05) is 29.2 Å². The second-order valence-corrected chi connectivity index (χ2v) is 5.46. The van der Waals surface area contributed by atoms with Gasteiger partial charge in [0.05, 0.1) is 7.11 Å². The molecular formula is C16H19N3O3. The van der Waals surface area contributed by atoms with Gasteiger partial charge < -0.3 is 14.2 Å². The monoisotopic (exact) mass is 301 g/mol. The van der Waals surface area contributed by atoms with Crippen LogP contribution in [0.5, 0.6) is 5.75 Å². The number of hydrogen-bond acceptors (Lipinski definition) is 5. The van der Waals surface area contributed by atoms with Crippen LogP contribution in [-0.2, 0) is 11.2 Å². The summed E-state index contributed by atoms with van der Waals surface area (Å²) >= 11 is 0. The summed E-state index contributed by atoms with van der Waals surface area (Å²) in [6.45, 7) is 1.45. The molecule has 1 aromatic heterocycles. The molecule has 0 radical (unpaired) electrons. The summed E-state index contributed by atoms with van der Waals surface area (Å²) in [4.78, 5) is 18.3. The van der Waals surface area contributed by atoms with Crippen LogP contribution in [0.1, 0.15) is 30.1 Å². The van der Waals surface area contributed by atoms with Crippen LogP contribution in [0.2, 0.25) is 0 Å². The SMILES string of the molecule is COc1ccc(CCC(=O)N2CC[C@@H](c3ncon3)C2)cc1. The van der Waals surface area contributed by atoms with Gasteiger partial charge in [-0.2, -0.15) is 4.98 Å². The molecular weight excluding hydrogens is 282 g/mol. The van der Waals surface area contributed by atoms with E-state index in [0.29, 0.717) is 18.8 Å². The van der Waals surface area contributed by atoms with Gasteiger partial charge in [0.25, 0.3) is 0 Å². The molecule has 0 unspecified atom stereocenters. The van der Waals surface area contributed by atoms with E-state index < -0.39 is 0 Å². The van der Waals surface area contributed by atoms with Crippen molar-refractivity contribution in [3.05, 3.63) is 42.0 Å². The number of benzene rings is 1. The Morgan fingerprint density at radius 1 is 1.41 bits per heavy atom. The van der Waals surface area contributed by atoms with E-state index in [1.165, 1.54) is 6.39 Å². The van der Waals surface area contributed by atoms with Gasteiger partial charge in [0.15, 0.2) is 5.82 Å². The summed E-state index contributed by atoms with van der Waals surface area (Å²) in [5.74, 6) is 1.91. The lowest BCUT2D eigenvalue weighted by Gasteiger charge is -2.15. The van der Waals surface area contributed by atoms with Gasteiger partial charge in [-0.3, -0.25) is 4.79 Å². The maximum atomic E-state index is 12.3. The molecule has 1 amide bonds. The Morgan fingerprint density at radius 3 is 2.91 bits per heavy atom. The first-order valence-corrected chi connectivity index (χ1v) is 7.43. The number of aromatic nitrogens is 2. The summed E-state index contributed by atoms with van der Waals surface area (Å²) < 4.78 is 9.90. The highest BCUT2D eigenvalue weighted by Crippen LogP contribution is 2.25. The van der Waals surface area contributed by atoms with E-state index in [9.17, 15) is 4.79 Å². The van der Waals surface area contributed by atoms with Gasteiger partial charge in [-0.05, 0) is 30.5 Å². The Kier molecular flexibility index (Phi) is 4.37. The van der Waals surface area contributed by atoms with Crippen molar-refractivity contribution in [2.75, 3.05) is 20.2 Å². The van der Waals surface area contributed by atoms with Crippen molar-refractivity contribution in [1.29, 1.82) is 0 Å². The third-order valence-corrected chi connectivity index (χ3v) is 4.07. The fourth-order valence-corrected chi connectivity index (χ4v) is 2.76. The summed E-state index contributed by atoms with van der Waals surface area (Å²) in [5, 5.41) is 3.87. The second-order valence-electron chi connectivity index (χ2n) is 5.46. The third-order valence-electron chi connectivity index (χ3n) is 4.07. The van der Waals surface area contributed by atoms with Crippen molar-refractivity contribution in [3.8, 4) is 5.75 Å². The van der Waals surface area contributed by atoms with Crippen LogP contribution in [0.15, 0.2) is 35.2 Å². The van der Waals surface area contributed by atoms with Crippen molar-refractivity contribution in [1.82, 2.24) is 15.0 Å². The number of carbonyl (C=O) groups excluding carboxylic acids is 1. The molecule has 2 heterocycles. The highest BCUT2D eigenvalue weighted by molar-refractivity contribution is 5.76. The number of hydrogen-bond donors (Lipinski definition) is 0. The van der Waals surface area contributed by atoms with Gasteiger partial charge in [-0.15, -0.1) is 0 Å². The fraction of sp³-hybridized carbons (Fsp3) is 0.438. The number of rotatable bonds is 5. The van der Waals surface area contributed by atoms with Gasteiger partial charge in [0.2, 0.25) is 12.3 Å². The number of carbonyl (C=O) groups is 1. The van der Waals surface area contributed by atoms with E-state index in [2.05, 4.69) is 10.1 Å². The standard InChI is InChI=1S/C16H19N3O3/c1-21-14-5-2-12(3-6-14)4-7-15(20)19-9-8-13(10-19)16-17-11-22-18-16/h2-3,5-6,11,13H,4,7-10H2,1H3/t13-/m1/s1. The van der Waals surface area contributed by atoms with Crippen LogP contribution in [0.25, 0.3) is 0 Å². The van der Waals surface area contributed by atoms with Crippen LogP contribution in [0, 0.1) is 0 Å². The Bertz CT molecular complexity index is 610. The Morgan fingerprint density at radius 2 is 2.23 bits per heavy atom. The summed E-state index contributed by atoms with van der Waals surface area (Å²) in [6.07, 6.45) is 3.49. The maximum Gasteiger partial charge on any atom is 0.222 e. The molecule has 1 saturated heterocycles. The van der Waals surface area contributed by atoms with E-state index in [4.69, 9.17) is 9.26 Å². The summed E-state index contributed by atoms with van der Waals surface area (Å²) in [6, 6.07) is 7.83. The average molecular weight is 301 g/mol. The smallest absolute Gasteiger partial charge is 0.222 e. The minimum Gasteiger partial charge on any atom is -0.497 e. The maximum absolute atomic E-state index is 12.3. The number of aryl methyl sites for hydroxylation is 1. The topological polar surface area (TPSA) is 68.5 Å². The molecule has 3 rings (SSSR count).